The molecular formula is C27H25F4N9O. The number of aromatic nitrogens is 3. The summed E-state index contributed by atoms with van der Waals surface area (Å²) in [5.74, 6) is -0.768. The highest BCUT2D eigenvalue weighted by Gasteiger charge is 2.31. The van der Waals surface area contributed by atoms with Crippen molar-refractivity contribution in [1.29, 1.82) is 5.26 Å². The van der Waals surface area contributed by atoms with Crippen molar-refractivity contribution in [3.05, 3.63) is 71.4 Å². The summed E-state index contributed by atoms with van der Waals surface area (Å²) in [7, 11) is 0. The third-order valence-corrected chi connectivity index (χ3v) is 6.77. The van der Waals surface area contributed by atoms with Gasteiger partial charge in [0.05, 0.1) is 29.4 Å². The number of amides is 2. The first kappa shape index (κ1) is 27.8. The maximum atomic E-state index is 14.0. The Kier molecular flexibility index (Phi) is 7.73. The molecule has 3 heterocycles. The molecule has 0 saturated carbocycles. The third-order valence-electron chi connectivity index (χ3n) is 6.77. The molecule has 1 saturated heterocycles. The molecule has 0 unspecified atom stereocenters. The Bertz CT molecular complexity index is 1620. The topological polar surface area (TPSA) is 136 Å². The van der Waals surface area contributed by atoms with Crippen LogP contribution in [-0.2, 0) is 19.1 Å². The molecule has 1 aliphatic rings. The van der Waals surface area contributed by atoms with Crippen LogP contribution in [0.4, 0.5) is 39.5 Å². The number of nitrogens with two attached hydrogens (primary N) is 1. The van der Waals surface area contributed by atoms with Gasteiger partial charge in [-0.2, -0.15) is 23.5 Å². The van der Waals surface area contributed by atoms with Gasteiger partial charge in [0.2, 0.25) is 0 Å². The van der Waals surface area contributed by atoms with Crippen molar-refractivity contribution in [1.82, 2.24) is 24.8 Å². The number of halogens is 4. The molecule has 4 aromatic rings. The van der Waals surface area contributed by atoms with E-state index in [0.29, 0.717) is 47.1 Å². The summed E-state index contributed by atoms with van der Waals surface area (Å²) in [5.41, 5.74) is 8.41. The summed E-state index contributed by atoms with van der Waals surface area (Å²) in [6.07, 6.45) is -3.23. The highest BCUT2D eigenvalue weighted by Crippen LogP contribution is 2.37. The summed E-state index contributed by atoms with van der Waals surface area (Å²) in [6, 6.07) is 9.63. The van der Waals surface area contributed by atoms with E-state index in [1.807, 2.05) is 0 Å². The van der Waals surface area contributed by atoms with Crippen molar-refractivity contribution in [2.45, 2.75) is 19.1 Å². The van der Waals surface area contributed by atoms with Gasteiger partial charge < -0.3 is 21.7 Å². The lowest BCUT2D eigenvalue weighted by atomic mass is 9.98. The van der Waals surface area contributed by atoms with E-state index in [4.69, 9.17) is 5.73 Å². The van der Waals surface area contributed by atoms with Gasteiger partial charge in [0.25, 0.3) is 0 Å². The van der Waals surface area contributed by atoms with E-state index in [2.05, 4.69) is 37.0 Å². The standard InChI is InChI=1S/C27H25F4N9O/c28-20-6-3-17(27(29,30)31)13-21(20)38-26(41)37-18-4-1-16(2-5-18)23-19(7-8-32)22(14-39-11-9-34-10-12-39)40-24(23)25(33)35-15-36-40/h1-6,13,15,34H,7,9-12,14H2,(H2,33,35,36)(H2,37,38,41). The average molecular weight is 568 g/mol. The first-order valence-corrected chi connectivity index (χ1v) is 12.6. The van der Waals surface area contributed by atoms with E-state index < -0.39 is 29.3 Å². The van der Waals surface area contributed by atoms with Crippen LogP contribution >= 0.6 is 0 Å². The van der Waals surface area contributed by atoms with Crippen molar-refractivity contribution in [2.24, 2.45) is 0 Å². The van der Waals surface area contributed by atoms with Crippen LogP contribution in [0.15, 0.2) is 48.8 Å². The Morgan fingerprint density at radius 1 is 1.12 bits per heavy atom. The number of nitriles is 1. The fourth-order valence-corrected chi connectivity index (χ4v) is 4.85. The predicted molar refractivity (Wildman–Crippen MR) is 144 cm³/mol. The largest absolute Gasteiger partial charge is 0.416 e. The maximum Gasteiger partial charge on any atom is 0.416 e. The van der Waals surface area contributed by atoms with Crippen molar-refractivity contribution >= 4 is 28.7 Å². The van der Waals surface area contributed by atoms with E-state index in [0.717, 1.165) is 37.4 Å². The van der Waals surface area contributed by atoms with Crippen molar-refractivity contribution < 1.29 is 22.4 Å². The Labute approximate surface area is 231 Å². The average Bonchev–Trinajstić information content (AvgIpc) is 3.24. The van der Waals surface area contributed by atoms with Gasteiger partial charge in [-0.15, -0.1) is 0 Å². The van der Waals surface area contributed by atoms with Gasteiger partial charge in [-0.05, 0) is 41.5 Å². The molecular weight excluding hydrogens is 542 g/mol. The van der Waals surface area contributed by atoms with Crippen molar-refractivity contribution in [2.75, 3.05) is 42.5 Å². The smallest absolute Gasteiger partial charge is 0.382 e. The number of benzene rings is 2. The number of urea groups is 1. The van der Waals surface area contributed by atoms with Crippen LogP contribution in [0.25, 0.3) is 16.6 Å². The molecule has 41 heavy (non-hydrogen) atoms. The number of nitrogens with zero attached hydrogens (tertiary/aromatic N) is 5. The number of anilines is 3. The Morgan fingerprint density at radius 3 is 2.54 bits per heavy atom. The molecule has 0 spiro atoms. The fourth-order valence-electron chi connectivity index (χ4n) is 4.85. The number of hydrogen-bond donors (Lipinski definition) is 4. The predicted octanol–water partition coefficient (Wildman–Crippen LogP) is 4.25. The monoisotopic (exact) mass is 567 g/mol. The molecule has 0 bridgehead atoms. The summed E-state index contributed by atoms with van der Waals surface area (Å²) in [5, 5.41) is 22.0. The van der Waals surface area contributed by atoms with Crippen LogP contribution in [0, 0.1) is 17.1 Å². The number of fused-ring (bicyclic) bond motifs is 1. The molecule has 14 heteroatoms. The molecule has 0 radical (unpaired) electrons. The van der Waals surface area contributed by atoms with Crippen molar-refractivity contribution in [3.8, 4) is 17.2 Å². The molecule has 0 atom stereocenters. The molecule has 2 amide bonds. The molecule has 5 N–H and O–H groups in total. The van der Waals surface area contributed by atoms with E-state index in [1.54, 1.807) is 28.8 Å². The number of hydrogen-bond acceptors (Lipinski definition) is 7. The van der Waals surface area contributed by atoms with Gasteiger partial charge >= 0.3 is 12.2 Å². The Hall–Kier alpha value is -4.74. The van der Waals surface area contributed by atoms with Crippen LogP contribution in [0.2, 0.25) is 0 Å². The lowest BCUT2D eigenvalue weighted by Gasteiger charge is -2.27. The minimum atomic E-state index is -4.69. The quantitative estimate of drug-likeness (QED) is 0.256. The fraction of sp³-hybridized carbons (Fsp3) is 0.259. The number of alkyl halides is 3. The summed E-state index contributed by atoms with van der Waals surface area (Å²) in [4.78, 5) is 18.9. The van der Waals surface area contributed by atoms with Gasteiger partial charge in [-0.1, -0.05) is 12.1 Å². The number of nitrogens with one attached hydrogen (secondary N) is 3. The second kappa shape index (κ2) is 11.4. The second-order valence-electron chi connectivity index (χ2n) is 9.42. The normalized spacial score (nSPS) is 14.1. The lowest BCUT2D eigenvalue weighted by Crippen LogP contribution is -2.43. The zero-order chi connectivity index (χ0) is 29.1. The van der Waals surface area contributed by atoms with E-state index >= 15 is 0 Å². The Balaban J connectivity index is 1.43. The summed E-state index contributed by atoms with van der Waals surface area (Å²) in [6.45, 7) is 3.93. The van der Waals surface area contributed by atoms with Gasteiger partial charge in [0.1, 0.15) is 17.7 Å². The van der Waals surface area contributed by atoms with Crippen LogP contribution in [0.3, 0.4) is 0 Å². The number of carbonyl (C=O) groups is 1. The van der Waals surface area contributed by atoms with E-state index in [9.17, 15) is 27.6 Å². The molecule has 1 fully saturated rings. The van der Waals surface area contributed by atoms with E-state index in [-0.39, 0.29) is 12.2 Å². The second-order valence-corrected chi connectivity index (χ2v) is 9.42. The first-order chi connectivity index (χ1) is 19.7. The zero-order valence-corrected chi connectivity index (χ0v) is 21.6. The van der Waals surface area contributed by atoms with Crippen LogP contribution in [-0.4, -0.2) is 51.7 Å². The molecule has 0 aliphatic carbocycles. The summed E-state index contributed by atoms with van der Waals surface area (Å²) >= 11 is 0. The summed E-state index contributed by atoms with van der Waals surface area (Å²) < 4.78 is 54.7. The molecule has 2 aromatic carbocycles. The minimum Gasteiger partial charge on any atom is -0.382 e. The number of carbonyl (C=O) groups excluding carboxylic acids is 1. The zero-order valence-electron chi connectivity index (χ0n) is 21.6. The van der Waals surface area contributed by atoms with Gasteiger partial charge in [0, 0.05) is 44.0 Å². The van der Waals surface area contributed by atoms with Gasteiger partial charge in [0.15, 0.2) is 5.82 Å². The Morgan fingerprint density at radius 2 is 1.85 bits per heavy atom. The van der Waals surface area contributed by atoms with Gasteiger partial charge in [-0.25, -0.2) is 18.7 Å². The van der Waals surface area contributed by atoms with Crippen molar-refractivity contribution in [3.63, 3.8) is 0 Å². The van der Waals surface area contributed by atoms with Crippen LogP contribution in [0.5, 0.6) is 0 Å². The lowest BCUT2D eigenvalue weighted by molar-refractivity contribution is -0.137. The van der Waals surface area contributed by atoms with Crippen LogP contribution in [0.1, 0.15) is 16.8 Å². The minimum absolute atomic E-state index is 0.102. The molecule has 212 valence electrons. The first-order valence-electron chi connectivity index (χ1n) is 12.6. The SMILES string of the molecule is N#CCc1c(-c2ccc(NC(=O)Nc3cc(C(F)(F)F)ccc3F)cc2)c2c(N)ncnn2c1CN1CCNCC1. The molecule has 5 rings (SSSR count). The highest BCUT2D eigenvalue weighted by atomic mass is 19.4. The third kappa shape index (κ3) is 5.91. The molecule has 2 aromatic heterocycles. The highest BCUT2D eigenvalue weighted by molar-refractivity contribution is 6.00. The molecule has 10 nitrogen and oxygen atoms in total. The number of piperazine rings is 1. The number of nitrogen functional groups attached to an aromatic ring is 1. The number of rotatable bonds is 6. The maximum absolute atomic E-state index is 14.0. The van der Waals surface area contributed by atoms with Crippen LogP contribution < -0.4 is 21.7 Å². The molecule has 1 aliphatic heterocycles. The van der Waals surface area contributed by atoms with Gasteiger partial charge in [-0.3, -0.25) is 4.90 Å². The van der Waals surface area contributed by atoms with E-state index in [1.165, 1.54) is 6.33 Å².